The summed E-state index contributed by atoms with van der Waals surface area (Å²) < 4.78 is 5.27. The largest absolute Gasteiger partial charge is 0.444 e. The summed E-state index contributed by atoms with van der Waals surface area (Å²) in [6.45, 7) is 5.02. The molecule has 1 saturated carbocycles. The second-order valence-electron chi connectivity index (χ2n) is 10.1. The van der Waals surface area contributed by atoms with Crippen molar-refractivity contribution >= 4 is 23.8 Å². The van der Waals surface area contributed by atoms with Gasteiger partial charge in [0.1, 0.15) is 17.7 Å². The van der Waals surface area contributed by atoms with Gasteiger partial charge in [-0.25, -0.2) is 4.79 Å². The molecule has 2 rings (SSSR count). The van der Waals surface area contributed by atoms with Crippen LogP contribution in [0.5, 0.6) is 0 Å². The molecule has 2 atom stereocenters. The standard InChI is InChI=1S/C28H36N4O5/c1-6-19-13-15-20(16-14-19)24(25(34)30-21-11-9-8-10-12-21)32(7-2)26(35)22(17-18-23(29)33)31-27(36)37-28(3,4)5/h1-2,13-16,21-22,24H,8-12,17-18H2,3-5H3,(H2,29,33)(H,30,34)(H,31,36). The number of amides is 4. The molecule has 2 unspecified atom stereocenters. The second-order valence-corrected chi connectivity index (χ2v) is 10.1. The molecule has 0 bridgehead atoms. The van der Waals surface area contributed by atoms with E-state index >= 15 is 0 Å². The highest BCUT2D eigenvalue weighted by Crippen LogP contribution is 2.25. The molecular weight excluding hydrogens is 472 g/mol. The van der Waals surface area contributed by atoms with Gasteiger partial charge >= 0.3 is 6.09 Å². The number of rotatable bonds is 9. The minimum absolute atomic E-state index is 0.0333. The maximum atomic E-state index is 13.7. The highest BCUT2D eigenvalue weighted by molar-refractivity contribution is 5.93. The number of nitrogens with zero attached hydrogens (tertiary/aromatic N) is 1. The van der Waals surface area contributed by atoms with Crippen molar-refractivity contribution in [2.45, 2.75) is 89.4 Å². The van der Waals surface area contributed by atoms with E-state index in [9.17, 15) is 19.2 Å². The summed E-state index contributed by atoms with van der Waals surface area (Å²) in [4.78, 5) is 52.1. The molecule has 1 aromatic rings. The van der Waals surface area contributed by atoms with E-state index in [1.165, 1.54) is 0 Å². The molecule has 0 spiro atoms. The summed E-state index contributed by atoms with van der Waals surface area (Å²) >= 11 is 0. The lowest BCUT2D eigenvalue weighted by atomic mass is 9.94. The molecule has 1 aliphatic carbocycles. The molecule has 37 heavy (non-hydrogen) atoms. The normalized spacial score (nSPS) is 15.3. The van der Waals surface area contributed by atoms with Crippen LogP contribution in [0.25, 0.3) is 0 Å². The number of benzene rings is 1. The monoisotopic (exact) mass is 508 g/mol. The van der Waals surface area contributed by atoms with Crippen LogP contribution in [-0.4, -0.2) is 46.4 Å². The zero-order chi connectivity index (χ0) is 27.6. The first-order valence-corrected chi connectivity index (χ1v) is 12.4. The molecule has 1 fully saturated rings. The maximum absolute atomic E-state index is 13.7. The minimum Gasteiger partial charge on any atom is -0.444 e. The van der Waals surface area contributed by atoms with Crippen LogP contribution in [0, 0.1) is 24.8 Å². The van der Waals surface area contributed by atoms with Gasteiger partial charge < -0.3 is 21.1 Å². The van der Waals surface area contributed by atoms with Crippen LogP contribution < -0.4 is 16.4 Å². The van der Waals surface area contributed by atoms with Gasteiger partial charge in [-0.15, -0.1) is 6.42 Å². The van der Waals surface area contributed by atoms with Crippen molar-refractivity contribution in [1.29, 1.82) is 0 Å². The maximum Gasteiger partial charge on any atom is 0.408 e. The molecule has 1 aliphatic rings. The predicted octanol–water partition coefficient (Wildman–Crippen LogP) is 2.74. The number of terminal acetylenes is 2. The second kappa shape index (κ2) is 13.4. The van der Waals surface area contributed by atoms with Gasteiger partial charge in [0, 0.05) is 24.1 Å². The quantitative estimate of drug-likeness (QED) is 0.349. The van der Waals surface area contributed by atoms with E-state index < -0.39 is 41.5 Å². The van der Waals surface area contributed by atoms with Crippen LogP contribution in [0.3, 0.4) is 0 Å². The Kier molecular flexibility index (Phi) is 10.6. The average Bonchev–Trinajstić information content (AvgIpc) is 2.84. The van der Waals surface area contributed by atoms with E-state index in [4.69, 9.17) is 23.3 Å². The first-order chi connectivity index (χ1) is 17.4. The van der Waals surface area contributed by atoms with E-state index in [2.05, 4.69) is 22.6 Å². The van der Waals surface area contributed by atoms with Crippen LogP contribution in [0.15, 0.2) is 24.3 Å². The van der Waals surface area contributed by atoms with Gasteiger partial charge in [0.05, 0.1) is 0 Å². The van der Waals surface area contributed by atoms with Crippen molar-refractivity contribution in [2.75, 3.05) is 0 Å². The fraction of sp³-hybridized carbons (Fsp3) is 0.500. The molecule has 4 amide bonds. The number of carbonyl (C=O) groups is 4. The molecule has 0 heterocycles. The zero-order valence-electron chi connectivity index (χ0n) is 21.7. The molecule has 1 aromatic carbocycles. The number of primary amides is 1. The molecule has 0 aromatic heterocycles. The summed E-state index contributed by atoms with van der Waals surface area (Å²) in [5, 5.41) is 5.50. The molecule has 9 heteroatoms. The van der Waals surface area contributed by atoms with Crippen molar-refractivity contribution in [2.24, 2.45) is 5.73 Å². The lowest BCUT2D eigenvalue weighted by Crippen LogP contribution is -2.52. The van der Waals surface area contributed by atoms with Gasteiger partial charge in [0.15, 0.2) is 0 Å². The van der Waals surface area contributed by atoms with Crippen molar-refractivity contribution in [1.82, 2.24) is 15.5 Å². The smallest absolute Gasteiger partial charge is 0.408 e. The highest BCUT2D eigenvalue weighted by Gasteiger charge is 2.36. The Hall–Kier alpha value is -3.98. The number of nitrogens with two attached hydrogens (primary N) is 1. The number of ether oxygens (including phenoxy) is 1. The molecule has 9 nitrogen and oxygen atoms in total. The van der Waals surface area contributed by atoms with Crippen LogP contribution in [-0.2, 0) is 19.1 Å². The van der Waals surface area contributed by atoms with Gasteiger partial charge in [0.2, 0.25) is 11.8 Å². The van der Waals surface area contributed by atoms with Crippen molar-refractivity contribution in [3.05, 3.63) is 35.4 Å². The van der Waals surface area contributed by atoms with Gasteiger partial charge in [-0.05, 0) is 57.7 Å². The van der Waals surface area contributed by atoms with E-state index in [1.54, 1.807) is 45.0 Å². The van der Waals surface area contributed by atoms with E-state index in [0.29, 0.717) is 11.1 Å². The van der Waals surface area contributed by atoms with Crippen LogP contribution in [0.2, 0.25) is 0 Å². The van der Waals surface area contributed by atoms with Crippen molar-refractivity contribution < 1.29 is 23.9 Å². The zero-order valence-corrected chi connectivity index (χ0v) is 21.7. The third-order valence-electron chi connectivity index (χ3n) is 5.90. The summed E-state index contributed by atoms with van der Waals surface area (Å²) in [5.74, 6) is 0.656. The predicted molar refractivity (Wildman–Crippen MR) is 139 cm³/mol. The van der Waals surface area contributed by atoms with Gasteiger partial charge in [-0.3, -0.25) is 19.3 Å². The van der Waals surface area contributed by atoms with Gasteiger partial charge in [-0.1, -0.05) is 43.7 Å². The Labute approximate surface area is 218 Å². The van der Waals surface area contributed by atoms with E-state index in [1.807, 2.05) is 0 Å². The first kappa shape index (κ1) is 29.3. The Morgan fingerprint density at radius 1 is 1.11 bits per heavy atom. The van der Waals surface area contributed by atoms with Crippen molar-refractivity contribution in [3.8, 4) is 24.8 Å². The number of alkyl carbamates (subject to hydrolysis) is 1. The number of hydrogen-bond donors (Lipinski definition) is 3. The van der Waals surface area contributed by atoms with Gasteiger partial charge in [0.25, 0.3) is 5.91 Å². The SMILES string of the molecule is C#Cc1ccc(C(C(=O)NC2CCCCC2)N(C#C)C(=O)C(CCC(N)=O)NC(=O)OC(C)(C)C)cc1. The van der Waals surface area contributed by atoms with Crippen molar-refractivity contribution in [3.63, 3.8) is 0 Å². The van der Waals surface area contributed by atoms with Crippen LogP contribution in [0.1, 0.15) is 82.9 Å². The number of nitrogens with one attached hydrogen (secondary N) is 2. The lowest BCUT2D eigenvalue weighted by Gasteiger charge is -2.32. The topological polar surface area (TPSA) is 131 Å². The molecule has 198 valence electrons. The average molecular weight is 509 g/mol. The third kappa shape index (κ3) is 9.20. The minimum atomic E-state index is -1.26. The summed E-state index contributed by atoms with van der Waals surface area (Å²) in [5.41, 5.74) is 5.50. The Morgan fingerprint density at radius 3 is 2.24 bits per heavy atom. The molecule has 0 radical (unpaired) electrons. The molecule has 0 saturated heterocycles. The molecular formula is C28H36N4O5. The summed E-state index contributed by atoms with van der Waals surface area (Å²) in [6.07, 6.45) is 14.8. The fourth-order valence-corrected chi connectivity index (χ4v) is 4.13. The van der Waals surface area contributed by atoms with Gasteiger partial charge in [-0.2, -0.15) is 0 Å². The Balaban J connectivity index is 2.40. The summed E-state index contributed by atoms with van der Waals surface area (Å²) in [6, 6.07) is 6.41. The fourth-order valence-electron chi connectivity index (χ4n) is 4.13. The molecule has 0 aliphatic heterocycles. The lowest BCUT2D eigenvalue weighted by molar-refractivity contribution is -0.139. The van der Waals surface area contributed by atoms with Crippen LogP contribution >= 0.6 is 0 Å². The number of hydrogen-bond acceptors (Lipinski definition) is 5. The third-order valence-corrected chi connectivity index (χ3v) is 5.90. The molecule has 4 N–H and O–H groups in total. The Bertz CT molecular complexity index is 1060. The highest BCUT2D eigenvalue weighted by atomic mass is 16.6. The Morgan fingerprint density at radius 2 is 1.73 bits per heavy atom. The van der Waals surface area contributed by atoms with E-state index in [-0.39, 0.29) is 18.9 Å². The first-order valence-electron chi connectivity index (χ1n) is 12.4. The number of carbonyl (C=O) groups excluding carboxylic acids is 4. The van der Waals surface area contributed by atoms with E-state index in [0.717, 1.165) is 37.0 Å². The summed E-state index contributed by atoms with van der Waals surface area (Å²) in [7, 11) is 0. The van der Waals surface area contributed by atoms with Crippen LogP contribution in [0.4, 0.5) is 4.79 Å².